The van der Waals surface area contributed by atoms with E-state index in [9.17, 15) is 0 Å². The van der Waals surface area contributed by atoms with Crippen LogP contribution in [0.5, 0.6) is 0 Å². The normalized spacial score (nSPS) is 11.7. The Bertz CT molecular complexity index is 284. The van der Waals surface area contributed by atoms with E-state index >= 15 is 0 Å². The minimum absolute atomic E-state index is 0.717. The van der Waals surface area contributed by atoms with E-state index < -0.39 is 0 Å². The largest absolute Gasteiger partial charge is 0.361 e. The number of anilines is 1. The van der Waals surface area contributed by atoms with Gasteiger partial charge in [-0.1, -0.05) is 27.7 Å². The second kappa shape index (κ2) is 5.50. The van der Waals surface area contributed by atoms with Crippen LogP contribution >= 0.6 is 11.3 Å². The lowest BCUT2D eigenvalue weighted by Crippen LogP contribution is -2.24. The van der Waals surface area contributed by atoms with Crippen LogP contribution < -0.4 is 5.32 Å². The molecule has 0 aromatic carbocycles. The lowest BCUT2D eigenvalue weighted by molar-refractivity contribution is 0.304. The zero-order valence-electron chi connectivity index (χ0n) is 10.4. The van der Waals surface area contributed by atoms with Gasteiger partial charge in [0, 0.05) is 11.9 Å². The van der Waals surface area contributed by atoms with Crippen molar-refractivity contribution in [1.82, 2.24) is 4.98 Å². The fourth-order valence-electron chi connectivity index (χ4n) is 1.88. The molecule has 1 heterocycles. The summed E-state index contributed by atoms with van der Waals surface area (Å²) in [5, 5.41) is 6.58. The molecule has 0 spiro atoms. The number of thiazole rings is 1. The lowest BCUT2D eigenvalue weighted by atomic mass is 9.86. The van der Waals surface area contributed by atoms with E-state index in [-0.39, 0.29) is 0 Å². The molecule has 1 rings (SSSR count). The van der Waals surface area contributed by atoms with Crippen molar-refractivity contribution in [3.8, 4) is 0 Å². The first-order valence-electron chi connectivity index (χ1n) is 5.66. The van der Waals surface area contributed by atoms with E-state index in [0.717, 1.165) is 29.2 Å². The molecule has 3 heteroatoms. The zero-order chi connectivity index (χ0) is 11.4. The maximum absolute atomic E-state index is 4.41. The summed E-state index contributed by atoms with van der Waals surface area (Å²) in [6.45, 7) is 12.2. The van der Waals surface area contributed by atoms with Gasteiger partial charge in [0.1, 0.15) is 0 Å². The summed E-state index contributed by atoms with van der Waals surface area (Å²) in [4.78, 5) is 4.41. The molecule has 0 saturated carbocycles. The average Bonchev–Trinajstić information content (AvgIpc) is 2.50. The molecule has 0 bridgehead atoms. The van der Waals surface area contributed by atoms with E-state index in [0.29, 0.717) is 5.92 Å². The van der Waals surface area contributed by atoms with E-state index in [1.54, 1.807) is 11.3 Å². The Morgan fingerprint density at radius 1 is 1.27 bits per heavy atom. The summed E-state index contributed by atoms with van der Waals surface area (Å²) in [5.74, 6) is 2.16. The highest BCUT2D eigenvalue weighted by Crippen LogP contribution is 2.22. The summed E-state index contributed by atoms with van der Waals surface area (Å²) in [6, 6.07) is 0. The molecule has 0 aliphatic rings. The number of hydrogen-bond donors (Lipinski definition) is 1. The van der Waals surface area contributed by atoms with Crippen molar-refractivity contribution in [2.24, 2.45) is 17.8 Å². The molecule has 1 aromatic heterocycles. The summed E-state index contributed by atoms with van der Waals surface area (Å²) in [7, 11) is 0. The Morgan fingerprint density at radius 2 is 1.87 bits per heavy atom. The van der Waals surface area contributed by atoms with Crippen molar-refractivity contribution in [2.75, 3.05) is 11.9 Å². The number of aromatic nitrogens is 1. The van der Waals surface area contributed by atoms with E-state index in [2.05, 4.69) is 43.4 Å². The van der Waals surface area contributed by atoms with Crippen LogP contribution in [0, 0.1) is 24.7 Å². The Labute approximate surface area is 97.1 Å². The predicted molar refractivity (Wildman–Crippen MR) is 68.5 cm³/mol. The van der Waals surface area contributed by atoms with Gasteiger partial charge in [-0.2, -0.15) is 0 Å². The van der Waals surface area contributed by atoms with Crippen LogP contribution in [0.1, 0.15) is 33.4 Å². The fraction of sp³-hybridized carbons (Fsp3) is 0.750. The molecular weight excluding hydrogens is 204 g/mol. The Balaban J connectivity index is 2.47. The SMILES string of the molecule is Cc1csc(NCC(C(C)C)C(C)C)n1. The number of nitrogens with one attached hydrogen (secondary N) is 1. The number of hydrogen-bond acceptors (Lipinski definition) is 3. The third-order valence-corrected chi connectivity index (χ3v) is 3.74. The molecule has 0 radical (unpaired) electrons. The summed E-state index contributed by atoms with van der Waals surface area (Å²) >= 11 is 1.69. The smallest absolute Gasteiger partial charge is 0.182 e. The lowest BCUT2D eigenvalue weighted by Gasteiger charge is -2.24. The zero-order valence-corrected chi connectivity index (χ0v) is 11.2. The summed E-state index contributed by atoms with van der Waals surface area (Å²) < 4.78 is 0. The van der Waals surface area contributed by atoms with E-state index in [1.807, 2.05) is 6.92 Å². The highest BCUT2D eigenvalue weighted by molar-refractivity contribution is 7.13. The number of rotatable bonds is 5. The summed E-state index contributed by atoms with van der Waals surface area (Å²) in [6.07, 6.45) is 0. The highest BCUT2D eigenvalue weighted by Gasteiger charge is 2.17. The maximum Gasteiger partial charge on any atom is 0.182 e. The molecule has 86 valence electrons. The average molecular weight is 226 g/mol. The molecule has 1 aromatic rings. The van der Waals surface area contributed by atoms with Crippen LogP contribution in [-0.4, -0.2) is 11.5 Å². The van der Waals surface area contributed by atoms with Gasteiger partial charge in [-0.3, -0.25) is 0 Å². The minimum Gasteiger partial charge on any atom is -0.361 e. The molecule has 2 nitrogen and oxygen atoms in total. The van der Waals surface area contributed by atoms with Crippen molar-refractivity contribution in [2.45, 2.75) is 34.6 Å². The van der Waals surface area contributed by atoms with Crippen LogP contribution in [0.15, 0.2) is 5.38 Å². The second-order valence-corrected chi connectivity index (χ2v) is 5.68. The van der Waals surface area contributed by atoms with Gasteiger partial charge in [0.15, 0.2) is 5.13 Å². The monoisotopic (exact) mass is 226 g/mol. The fourth-order valence-corrected chi connectivity index (χ4v) is 2.58. The van der Waals surface area contributed by atoms with E-state index in [4.69, 9.17) is 0 Å². The van der Waals surface area contributed by atoms with Gasteiger partial charge in [-0.05, 0) is 24.7 Å². The van der Waals surface area contributed by atoms with Crippen molar-refractivity contribution in [3.63, 3.8) is 0 Å². The Morgan fingerprint density at radius 3 is 2.27 bits per heavy atom. The van der Waals surface area contributed by atoms with Crippen molar-refractivity contribution < 1.29 is 0 Å². The second-order valence-electron chi connectivity index (χ2n) is 4.83. The first-order valence-corrected chi connectivity index (χ1v) is 6.54. The summed E-state index contributed by atoms with van der Waals surface area (Å²) in [5.41, 5.74) is 1.10. The molecule has 0 amide bonds. The third kappa shape index (κ3) is 3.82. The quantitative estimate of drug-likeness (QED) is 0.826. The van der Waals surface area contributed by atoms with Crippen LogP contribution in [0.3, 0.4) is 0 Å². The van der Waals surface area contributed by atoms with Crippen molar-refractivity contribution >= 4 is 16.5 Å². The Kier molecular flexibility index (Phi) is 4.58. The molecular formula is C12H22N2S. The molecule has 0 unspecified atom stereocenters. The molecule has 0 aliphatic heterocycles. The highest BCUT2D eigenvalue weighted by atomic mass is 32.1. The van der Waals surface area contributed by atoms with Gasteiger partial charge in [0.25, 0.3) is 0 Å². The van der Waals surface area contributed by atoms with Gasteiger partial charge in [0.05, 0.1) is 5.69 Å². The standard InChI is InChI=1S/C12H22N2S/c1-8(2)11(9(3)4)6-13-12-14-10(5)7-15-12/h7-9,11H,6H2,1-5H3,(H,13,14). The van der Waals surface area contributed by atoms with Crippen molar-refractivity contribution in [1.29, 1.82) is 0 Å². The van der Waals surface area contributed by atoms with E-state index in [1.165, 1.54) is 0 Å². The third-order valence-electron chi connectivity index (χ3n) is 2.82. The molecule has 0 saturated heterocycles. The molecule has 15 heavy (non-hydrogen) atoms. The molecule has 0 atom stereocenters. The molecule has 1 N–H and O–H groups in total. The number of aryl methyl sites for hydroxylation is 1. The molecule has 0 aliphatic carbocycles. The van der Waals surface area contributed by atoms with Crippen LogP contribution in [-0.2, 0) is 0 Å². The van der Waals surface area contributed by atoms with Gasteiger partial charge in [-0.15, -0.1) is 11.3 Å². The maximum atomic E-state index is 4.41. The van der Waals surface area contributed by atoms with Gasteiger partial charge >= 0.3 is 0 Å². The first kappa shape index (κ1) is 12.5. The molecule has 0 fully saturated rings. The number of nitrogens with zero attached hydrogens (tertiary/aromatic N) is 1. The topological polar surface area (TPSA) is 24.9 Å². The van der Waals surface area contributed by atoms with Gasteiger partial charge in [-0.25, -0.2) is 4.98 Å². The van der Waals surface area contributed by atoms with Crippen molar-refractivity contribution in [3.05, 3.63) is 11.1 Å². The van der Waals surface area contributed by atoms with Crippen LogP contribution in [0.25, 0.3) is 0 Å². The van der Waals surface area contributed by atoms with Crippen LogP contribution in [0.4, 0.5) is 5.13 Å². The predicted octanol–water partition coefficient (Wildman–Crippen LogP) is 3.79. The van der Waals surface area contributed by atoms with Gasteiger partial charge < -0.3 is 5.32 Å². The Hall–Kier alpha value is -0.570. The minimum atomic E-state index is 0.717. The van der Waals surface area contributed by atoms with Gasteiger partial charge in [0.2, 0.25) is 0 Å². The van der Waals surface area contributed by atoms with Crippen LogP contribution in [0.2, 0.25) is 0 Å². The first-order chi connectivity index (χ1) is 7.00.